The van der Waals surface area contributed by atoms with Crippen LogP contribution >= 0.6 is 0 Å². The van der Waals surface area contributed by atoms with Crippen LogP contribution < -0.4 is 0 Å². The molecule has 0 aliphatic heterocycles. The predicted octanol–water partition coefficient (Wildman–Crippen LogP) is 4.63. The number of ether oxygens (including phenoxy) is 1. The Bertz CT molecular complexity index is 318. The molecule has 0 bridgehead atoms. The molecule has 2 nitrogen and oxygen atoms in total. The summed E-state index contributed by atoms with van der Waals surface area (Å²) in [6, 6.07) is 0. The summed E-state index contributed by atoms with van der Waals surface area (Å²) in [6.07, 6.45) is 16.4. The lowest BCUT2D eigenvalue weighted by Crippen LogP contribution is -2.28. The van der Waals surface area contributed by atoms with E-state index in [1.807, 2.05) is 0 Å². The first-order chi connectivity index (χ1) is 9.07. The molecule has 0 spiro atoms. The molecule has 108 valence electrons. The van der Waals surface area contributed by atoms with Crippen LogP contribution in [0.1, 0.15) is 71.6 Å². The van der Waals surface area contributed by atoms with E-state index in [1.54, 1.807) is 0 Å². The average molecular weight is 264 g/mol. The summed E-state index contributed by atoms with van der Waals surface area (Å²) in [5.74, 6) is 0.683. The fraction of sp³-hybridized carbons (Fsp3) is 0.824. The standard InChI is InChI=1S/C17H28O2/c1-14(18)19-16-9-12-17(2,13-10-16)11-8-15-6-4-3-5-7-15/h8,11,15-16H,3-7,9-10,12-13H2,1-2H3/b11-8+. The molecule has 2 fully saturated rings. The van der Waals surface area contributed by atoms with Gasteiger partial charge in [-0.2, -0.15) is 0 Å². The van der Waals surface area contributed by atoms with Crippen molar-refractivity contribution in [3.63, 3.8) is 0 Å². The maximum atomic E-state index is 11.0. The molecule has 0 heterocycles. The van der Waals surface area contributed by atoms with Gasteiger partial charge in [-0.05, 0) is 49.9 Å². The summed E-state index contributed by atoms with van der Waals surface area (Å²) in [5, 5.41) is 0. The number of rotatable bonds is 3. The maximum Gasteiger partial charge on any atom is 0.302 e. The second-order valence-electron chi connectivity index (χ2n) is 6.72. The molecule has 0 N–H and O–H groups in total. The van der Waals surface area contributed by atoms with E-state index in [9.17, 15) is 4.79 Å². The van der Waals surface area contributed by atoms with Crippen molar-refractivity contribution in [3.05, 3.63) is 12.2 Å². The molecule has 0 aromatic rings. The zero-order valence-electron chi connectivity index (χ0n) is 12.5. The van der Waals surface area contributed by atoms with Gasteiger partial charge in [-0.3, -0.25) is 4.79 Å². The molecule has 0 unspecified atom stereocenters. The SMILES string of the molecule is CC(=O)OC1CCC(C)(/C=C/C2CCCCC2)CC1. The molecule has 0 radical (unpaired) electrons. The van der Waals surface area contributed by atoms with Crippen LogP contribution in [0.25, 0.3) is 0 Å². The number of hydrogen-bond donors (Lipinski definition) is 0. The molecule has 2 saturated carbocycles. The summed E-state index contributed by atoms with van der Waals surface area (Å²) in [6.45, 7) is 3.87. The Morgan fingerprint density at radius 1 is 1.11 bits per heavy atom. The molecule has 2 aliphatic carbocycles. The van der Waals surface area contributed by atoms with Crippen LogP contribution in [-0.4, -0.2) is 12.1 Å². The zero-order chi connectivity index (χ0) is 13.7. The van der Waals surface area contributed by atoms with Crippen LogP contribution in [0.5, 0.6) is 0 Å². The highest BCUT2D eigenvalue weighted by atomic mass is 16.5. The summed E-state index contributed by atoms with van der Waals surface area (Å²) in [7, 11) is 0. The third-order valence-electron chi connectivity index (χ3n) is 4.83. The number of allylic oxidation sites excluding steroid dienone is 2. The quantitative estimate of drug-likeness (QED) is 0.548. The van der Waals surface area contributed by atoms with E-state index in [0.29, 0.717) is 5.41 Å². The first kappa shape index (κ1) is 14.6. The molecule has 2 rings (SSSR count). The Balaban J connectivity index is 1.80. The van der Waals surface area contributed by atoms with E-state index in [0.717, 1.165) is 31.6 Å². The molecular weight excluding hydrogens is 236 g/mol. The van der Waals surface area contributed by atoms with E-state index >= 15 is 0 Å². The molecule has 0 aromatic carbocycles. The van der Waals surface area contributed by atoms with Crippen molar-refractivity contribution in [3.8, 4) is 0 Å². The molecule has 19 heavy (non-hydrogen) atoms. The fourth-order valence-corrected chi connectivity index (χ4v) is 3.47. The molecule has 0 saturated heterocycles. The highest BCUT2D eigenvalue weighted by Gasteiger charge is 2.30. The van der Waals surface area contributed by atoms with Crippen LogP contribution in [0.3, 0.4) is 0 Å². The normalized spacial score (nSPS) is 33.5. The minimum atomic E-state index is -0.133. The summed E-state index contributed by atoms with van der Waals surface area (Å²) in [5.41, 5.74) is 0.327. The number of hydrogen-bond acceptors (Lipinski definition) is 2. The van der Waals surface area contributed by atoms with E-state index in [-0.39, 0.29) is 12.1 Å². The zero-order valence-corrected chi connectivity index (χ0v) is 12.5. The van der Waals surface area contributed by atoms with E-state index in [1.165, 1.54) is 39.0 Å². The van der Waals surface area contributed by atoms with Gasteiger partial charge >= 0.3 is 5.97 Å². The Hall–Kier alpha value is -0.790. The Kier molecular flexibility index (Phi) is 5.06. The first-order valence-electron chi connectivity index (χ1n) is 7.94. The summed E-state index contributed by atoms with van der Waals surface area (Å²) >= 11 is 0. The van der Waals surface area contributed by atoms with Crippen molar-refractivity contribution in [1.29, 1.82) is 0 Å². The highest BCUT2D eigenvalue weighted by molar-refractivity contribution is 5.66. The smallest absolute Gasteiger partial charge is 0.302 e. The number of carbonyl (C=O) groups excluding carboxylic acids is 1. The van der Waals surface area contributed by atoms with E-state index < -0.39 is 0 Å². The molecule has 0 aromatic heterocycles. The van der Waals surface area contributed by atoms with Gasteiger partial charge < -0.3 is 4.74 Å². The van der Waals surface area contributed by atoms with Gasteiger partial charge in [-0.25, -0.2) is 0 Å². The van der Waals surface area contributed by atoms with E-state index in [2.05, 4.69) is 19.1 Å². The highest BCUT2D eigenvalue weighted by Crippen LogP contribution is 2.39. The Morgan fingerprint density at radius 2 is 1.74 bits per heavy atom. The molecule has 2 aliphatic rings. The van der Waals surface area contributed by atoms with Crippen molar-refractivity contribution in [1.82, 2.24) is 0 Å². The largest absolute Gasteiger partial charge is 0.463 e. The van der Waals surface area contributed by atoms with Gasteiger partial charge in [-0.15, -0.1) is 0 Å². The van der Waals surface area contributed by atoms with Crippen LogP contribution in [0, 0.1) is 11.3 Å². The number of esters is 1. The second-order valence-corrected chi connectivity index (χ2v) is 6.72. The van der Waals surface area contributed by atoms with Gasteiger partial charge in [0, 0.05) is 6.92 Å². The summed E-state index contributed by atoms with van der Waals surface area (Å²) in [4.78, 5) is 11.0. The summed E-state index contributed by atoms with van der Waals surface area (Å²) < 4.78 is 5.32. The molecule has 0 atom stereocenters. The van der Waals surface area contributed by atoms with Gasteiger partial charge in [0.25, 0.3) is 0 Å². The predicted molar refractivity (Wildman–Crippen MR) is 77.8 cm³/mol. The first-order valence-corrected chi connectivity index (χ1v) is 7.94. The van der Waals surface area contributed by atoms with Crippen molar-refractivity contribution in [2.45, 2.75) is 77.7 Å². The third-order valence-corrected chi connectivity index (χ3v) is 4.83. The van der Waals surface area contributed by atoms with Crippen molar-refractivity contribution < 1.29 is 9.53 Å². The Labute approximate surface area is 117 Å². The van der Waals surface area contributed by atoms with Crippen molar-refractivity contribution >= 4 is 5.97 Å². The van der Waals surface area contributed by atoms with Gasteiger partial charge in [0.05, 0.1) is 0 Å². The lowest BCUT2D eigenvalue weighted by molar-refractivity contribution is -0.148. The fourth-order valence-electron chi connectivity index (χ4n) is 3.47. The molecule has 2 heteroatoms. The van der Waals surface area contributed by atoms with Crippen LogP contribution in [0.4, 0.5) is 0 Å². The lowest BCUT2D eigenvalue weighted by atomic mass is 9.73. The molecule has 0 amide bonds. The average Bonchev–Trinajstić information content (AvgIpc) is 2.40. The van der Waals surface area contributed by atoms with Gasteiger partial charge in [-0.1, -0.05) is 38.3 Å². The number of carbonyl (C=O) groups is 1. The Morgan fingerprint density at radius 3 is 2.32 bits per heavy atom. The van der Waals surface area contributed by atoms with Gasteiger partial charge in [0.2, 0.25) is 0 Å². The third kappa shape index (κ3) is 4.67. The second kappa shape index (κ2) is 6.58. The lowest BCUT2D eigenvalue weighted by Gasteiger charge is -2.35. The van der Waals surface area contributed by atoms with Crippen molar-refractivity contribution in [2.24, 2.45) is 11.3 Å². The minimum Gasteiger partial charge on any atom is -0.463 e. The van der Waals surface area contributed by atoms with Crippen LogP contribution in [-0.2, 0) is 9.53 Å². The van der Waals surface area contributed by atoms with Crippen LogP contribution in [0.2, 0.25) is 0 Å². The van der Waals surface area contributed by atoms with Crippen LogP contribution in [0.15, 0.2) is 12.2 Å². The minimum absolute atomic E-state index is 0.133. The van der Waals surface area contributed by atoms with Crippen molar-refractivity contribution in [2.75, 3.05) is 0 Å². The topological polar surface area (TPSA) is 26.3 Å². The molecular formula is C17H28O2. The van der Waals surface area contributed by atoms with E-state index in [4.69, 9.17) is 4.74 Å². The van der Waals surface area contributed by atoms with Gasteiger partial charge in [0.15, 0.2) is 0 Å². The maximum absolute atomic E-state index is 11.0. The monoisotopic (exact) mass is 264 g/mol. The van der Waals surface area contributed by atoms with Gasteiger partial charge in [0.1, 0.15) is 6.10 Å².